The fourth-order valence-electron chi connectivity index (χ4n) is 3.34. The Morgan fingerprint density at radius 3 is 2.42 bits per heavy atom. The van der Waals surface area contributed by atoms with E-state index in [-0.39, 0.29) is 5.75 Å². The Kier molecular flexibility index (Phi) is 5.04. The van der Waals surface area contributed by atoms with Crippen LogP contribution in [-0.4, -0.2) is 43.9 Å². The Bertz CT molecular complexity index is 945. The van der Waals surface area contributed by atoms with Crippen LogP contribution in [-0.2, 0) is 22.3 Å². The SMILES string of the molecule is O=S(=O)(Cc1ccccc1)N1CC[NH+](Cc2nc3ccccc3s2)CC1. The number of nitrogens with one attached hydrogen (secondary N) is 1. The Labute approximate surface area is 157 Å². The van der Waals surface area contributed by atoms with Crippen LogP contribution in [0.15, 0.2) is 54.6 Å². The molecule has 1 aromatic heterocycles. The molecule has 2 aromatic carbocycles. The summed E-state index contributed by atoms with van der Waals surface area (Å²) >= 11 is 1.74. The second-order valence-electron chi connectivity index (χ2n) is 6.64. The van der Waals surface area contributed by atoms with E-state index in [9.17, 15) is 8.42 Å². The molecule has 2 heterocycles. The number of fused-ring (bicyclic) bond motifs is 1. The van der Waals surface area contributed by atoms with Gasteiger partial charge in [0.15, 0.2) is 0 Å². The average Bonchev–Trinajstić information content (AvgIpc) is 3.05. The first kappa shape index (κ1) is 17.6. The largest absolute Gasteiger partial charge is 0.327 e. The third-order valence-electron chi connectivity index (χ3n) is 4.75. The normalized spacial score (nSPS) is 16.9. The predicted octanol–water partition coefficient (Wildman–Crippen LogP) is 1.53. The summed E-state index contributed by atoms with van der Waals surface area (Å²) in [6.07, 6.45) is 0. The summed E-state index contributed by atoms with van der Waals surface area (Å²) in [5.74, 6) is 0.0844. The quantitative estimate of drug-likeness (QED) is 0.721. The van der Waals surface area contributed by atoms with Crippen molar-refractivity contribution < 1.29 is 13.3 Å². The zero-order valence-electron chi connectivity index (χ0n) is 14.5. The molecule has 0 aliphatic carbocycles. The number of quaternary nitrogens is 1. The second-order valence-corrected chi connectivity index (χ2v) is 9.73. The van der Waals surface area contributed by atoms with Gasteiger partial charge in [-0.25, -0.2) is 13.4 Å². The van der Waals surface area contributed by atoms with Crippen LogP contribution in [0.1, 0.15) is 10.6 Å². The molecule has 5 nitrogen and oxygen atoms in total. The van der Waals surface area contributed by atoms with Crippen molar-refractivity contribution in [2.45, 2.75) is 12.3 Å². The lowest BCUT2D eigenvalue weighted by Gasteiger charge is -2.31. The Hall–Kier alpha value is -1.80. The van der Waals surface area contributed by atoms with Gasteiger partial charge in [0.2, 0.25) is 10.0 Å². The molecule has 0 spiro atoms. The van der Waals surface area contributed by atoms with Crippen molar-refractivity contribution in [3.63, 3.8) is 0 Å². The highest BCUT2D eigenvalue weighted by Gasteiger charge is 2.29. The van der Waals surface area contributed by atoms with Gasteiger partial charge in [-0.1, -0.05) is 42.5 Å². The van der Waals surface area contributed by atoms with Crippen molar-refractivity contribution in [1.82, 2.24) is 9.29 Å². The highest BCUT2D eigenvalue weighted by Crippen LogP contribution is 2.20. The van der Waals surface area contributed by atoms with E-state index >= 15 is 0 Å². The molecule has 1 N–H and O–H groups in total. The van der Waals surface area contributed by atoms with Crippen molar-refractivity contribution in [3.8, 4) is 0 Å². The summed E-state index contributed by atoms with van der Waals surface area (Å²) in [6.45, 7) is 3.67. The molecule has 1 saturated heterocycles. The number of para-hydroxylation sites is 1. The molecule has 3 aromatic rings. The van der Waals surface area contributed by atoms with Gasteiger partial charge in [-0.2, -0.15) is 4.31 Å². The Balaban J connectivity index is 1.36. The van der Waals surface area contributed by atoms with Crippen LogP contribution in [0, 0.1) is 0 Å². The number of hydrogen-bond donors (Lipinski definition) is 1. The van der Waals surface area contributed by atoms with Gasteiger partial charge in [0.25, 0.3) is 0 Å². The third-order valence-corrected chi connectivity index (χ3v) is 7.64. The fraction of sp³-hybridized carbons (Fsp3) is 0.316. The van der Waals surface area contributed by atoms with E-state index in [2.05, 4.69) is 6.07 Å². The number of rotatable bonds is 5. The lowest BCUT2D eigenvalue weighted by atomic mass is 10.2. The van der Waals surface area contributed by atoms with Gasteiger partial charge in [0.05, 0.1) is 42.1 Å². The molecule has 4 rings (SSSR count). The van der Waals surface area contributed by atoms with Crippen LogP contribution >= 0.6 is 11.3 Å². The summed E-state index contributed by atoms with van der Waals surface area (Å²) < 4.78 is 28.1. The number of hydrogen-bond acceptors (Lipinski definition) is 4. The highest BCUT2D eigenvalue weighted by molar-refractivity contribution is 7.88. The van der Waals surface area contributed by atoms with Crippen molar-refractivity contribution in [2.75, 3.05) is 26.2 Å². The van der Waals surface area contributed by atoms with Crippen molar-refractivity contribution >= 4 is 31.6 Å². The number of nitrogens with zero attached hydrogens (tertiary/aromatic N) is 2. The fourth-order valence-corrected chi connectivity index (χ4v) is 5.92. The van der Waals surface area contributed by atoms with E-state index in [1.807, 2.05) is 48.5 Å². The van der Waals surface area contributed by atoms with Crippen LogP contribution in [0.3, 0.4) is 0 Å². The first-order valence-corrected chi connectivity index (χ1v) is 11.2. The van der Waals surface area contributed by atoms with Crippen LogP contribution in [0.5, 0.6) is 0 Å². The lowest BCUT2D eigenvalue weighted by Crippen LogP contribution is -3.13. The van der Waals surface area contributed by atoms with E-state index in [1.54, 1.807) is 15.6 Å². The average molecular weight is 389 g/mol. The lowest BCUT2D eigenvalue weighted by molar-refractivity contribution is -0.917. The minimum atomic E-state index is -3.25. The van der Waals surface area contributed by atoms with E-state index in [0.717, 1.165) is 35.7 Å². The molecule has 0 unspecified atom stereocenters. The monoisotopic (exact) mass is 388 g/mol. The minimum Gasteiger partial charge on any atom is -0.327 e. The number of piperazine rings is 1. The zero-order chi connectivity index (χ0) is 18.0. The molecule has 0 bridgehead atoms. The van der Waals surface area contributed by atoms with Gasteiger partial charge >= 0.3 is 0 Å². The third kappa shape index (κ3) is 3.96. The second kappa shape index (κ2) is 7.44. The minimum absolute atomic E-state index is 0.0844. The number of aromatic nitrogens is 1. The van der Waals surface area contributed by atoms with Gasteiger partial charge < -0.3 is 4.90 Å². The van der Waals surface area contributed by atoms with E-state index in [4.69, 9.17) is 4.98 Å². The topological polar surface area (TPSA) is 54.7 Å². The van der Waals surface area contributed by atoms with Crippen LogP contribution < -0.4 is 4.90 Å². The van der Waals surface area contributed by atoms with Gasteiger partial charge in [-0.15, -0.1) is 11.3 Å². The summed E-state index contributed by atoms with van der Waals surface area (Å²) in [6, 6.07) is 17.6. The smallest absolute Gasteiger partial charge is 0.218 e. The van der Waals surface area contributed by atoms with Crippen molar-refractivity contribution in [2.24, 2.45) is 0 Å². The van der Waals surface area contributed by atoms with E-state index < -0.39 is 10.0 Å². The van der Waals surface area contributed by atoms with E-state index in [0.29, 0.717) is 13.1 Å². The van der Waals surface area contributed by atoms with Gasteiger partial charge in [-0.05, 0) is 17.7 Å². The standard InChI is InChI=1S/C19H21N3O2S2/c23-26(24,15-16-6-2-1-3-7-16)22-12-10-21(11-13-22)14-19-20-17-8-4-5-9-18(17)25-19/h1-9H,10-15H2/p+1. The van der Waals surface area contributed by atoms with Crippen LogP contribution in [0.4, 0.5) is 0 Å². The maximum absolute atomic E-state index is 12.6. The Morgan fingerprint density at radius 1 is 1.00 bits per heavy atom. The molecule has 136 valence electrons. The molecule has 1 aliphatic rings. The van der Waals surface area contributed by atoms with E-state index in [1.165, 1.54) is 9.60 Å². The molecule has 1 fully saturated rings. The zero-order valence-corrected chi connectivity index (χ0v) is 16.1. The predicted molar refractivity (Wildman–Crippen MR) is 105 cm³/mol. The Morgan fingerprint density at radius 2 is 1.69 bits per heavy atom. The summed E-state index contributed by atoms with van der Waals surface area (Å²) in [5.41, 5.74) is 1.90. The van der Waals surface area contributed by atoms with Gasteiger partial charge in [0.1, 0.15) is 11.6 Å². The molecule has 0 saturated carbocycles. The summed E-state index contributed by atoms with van der Waals surface area (Å²) in [7, 11) is -3.25. The maximum atomic E-state index is 12.6. The molecule has 7 heteroatoms. The van der Waals surface area contributed by atoms with Crippen molar-refractivity contribution in [3.05, 3.63) is 65.2 Å². The summed E-state index contributed by atoms with van der Waals surface area (Å²) in [5, 5.41) is 1.13. The van der Waals surface area contributed by atoms with Gasteiger partial charge in [0, 0.05) is 0 Å². The molecular weight excluding hydrogens is 366 g/mol. The van der Waals surface area contributed by atoms with Crippen LogP contribution in [0.25, 0.3) is 10.2 Å². The van der Waals surface area contributed by atoms with Crippen molar-refractivity contribution in [1.29, 1.82) is 0 Å². The molecule has 0 radical (unpaired) electrons. The summed E-state index contributed by atoms with van der Waals surface area (Å²) in [4.78, 5) is 6.09. The first-order chi connectivity index (χ1) is 12.6. The van der Waals surface area contributed by atoms with Crippen LogP contribution in [0.2, 0.25) is 0 Å². The molecule has 0 amide bonds. The first-order valence-electron chi connectivity index (χ1n) is 8.80. The number of benzene rings is 2. The van der Waals surface area contributed by atoms with Gasteiger partial charge in [-0.3, -0.25) is 0 Å². The number of thiazole rings is 1. The molecule has 26 heavy (non-hydrogen) atoms. The highest BCUT2D eigenvalue weighted by atomic mass is 32.2. The number of sulfonamides is 1. The molecule has 0 atom stereocenters. The maximum Gasteiger partial charge on any atom is 0.218 e. The molecular formula is C19H22N3O2S2+. The molecule has 1 aliphatic heterocycles.